The van der Waals surface area contributed by atoms with E-state index in [9.17, 15) is 5.11 Å². The first-order valence-corrected chi connectivity index (χ1v) is 8.24. The van der Waals surface area contributed by atoms with Gasteiger partial charge >= 0.3 is 0 Å². The maximum Gasteiger partial charge on any atom is 0.0812 e. The molecule has 0 saturated heterocycles. The molecule has 1 atom stereocenters. The minimum atomic E-state index is -0.354. The Kier molecular flexibility index (Phi) is 3.53. The lowest BCUT2D eigenvalue weighted by Crippen LogP contribution is -2.26. The molecular weight excluding hydrogens is 326 g/mol. The molecule has 1 aliphatic carbocycles. The Balaban J connectivity index is 2.24. The van der Waals surface area contributed by atoms with Crippen LogP contribution < -0.4 is 0 Å². The molecule has 0 amide bonds. The monoisotopic (exact) mass is 347 g/mol. The number of benzene rings is 1. The van der Waals surface area contributed by atoms with Gasteiger partial charge < -0.3 is 9.67 Å². The van der Waals surface area contributed by atoms with Gasteiger partial charge in [0.25, 0.3) is 0 Å². The Morgan fingerprint density at radius 3 is 2.71 bits per heavy atom. The van der Waals surface area contributed by atoms with Gasteiger partial charge in [0.05, 0.1) is 11.8 Å². The van der Waals surface area contributed by atoms with Gasteiger partial charge in [0.15, 0.2) is 0 Å². The number of fused-ring (bicyclic) bond motifs is 1. The van der Waals surface area contributed by atoms with E-state index in [0.29, 0.717) is 0 Å². The van der Waals surface area contributed by atoms with Gasteiger partial charge in [-0.3, -0.25) is 0 Å². The van der Waals surface area contributed by atoms with Gasteiger partial charge in [0.2, 0.25) is 0 Å². The average molecular weight is 348 g/mol. The van der Waals surface area contributed by atoms with E-state index >= 15 is 0 Å². The molecule has 1 unspecified atom stereocenters. The second kappa shape index (κ2) is 4.99. The molecule has 2 nitrogen and oxygen atoms in total. The lowest BCUT2D eigenvalue weighted by Gasteiger charge is -2.34. The Bertz CT molecular complexity index is 699. The molecular formula is C18H22BrNO. The van der Waals surface area contributed by atoms with Crippen molar-refractivity contribution in [2.24, 2.45) is 5.41 Å². The zero-order valence-corrected chi connectivity index (χ0v) is 14.7. The van der Waals surface area contributed by atoms with Gasteiger partial charge in [-0.1, -0.05) is 26.0 Å². The number of aliphatic hydroxyl groups is 1. The molecule has 0 bridgehead atoms. The molecule has 3 heteroatoms. The first kappa shape index (κ1) is 14.9. The average Bonchev–Trinajstić information content (AvgIpc) is 2.69. The van der Waals surface area contributed by atoms with Gasteiger partial charge in [0, 0.05) is 21.4 Å². The van der Waals surface area contributed by atoms with Gasteiger partial charge in [-0.25, -0.2) is 0 Å². The van der Waals surface area contributed by atoms with Crippen LogP contribution in [0.2, 0.25) is 0 Å². The molecule has 0 aliphatic heterocycles. The van der Waals surface area contributed by atoms with Crippen LogP contribution in [0.3, 0.4) is 0 Å². The minimum absolute atomic E-state index is 0.130. The standard InChI is InChI=1S/C18H22BrNO/c1-11-6-5-7-14(17(11)19)20-12(2)8-13-15(20)9-18(3,4)10-16(13)21/h5-8,16,21H,9-10H2,1-4H3. The Morgan fingerprint density at radius 2 is 2.00 bits per heavy atom. The molecule has 3 rings (SSSR count). The second-order valence-corrected chi connectivity index (χ2v) is 7.79. The van der Waals surface area contributed by atoms with Crippen LogP contribution in [-0.4, -0.2) is 9.67 Å². The summed E-state index contributed by atoms with van der Waals surface area (Å²) in [5, 5.41) is 10.5. The highest BCUT2D eigenvalue weighted by atomic mass is 79.9. The summed E-state index contributed by atoms with van der Waals surface area (Å²) in [5.74, 6) is 0. The van der Waals surface area contributed by atoms with Crippen LogP contribution in [0, 0.1) is 19.3 Å². The number of halogens is 1. The van der Waals surface area contributed by atoms with Crippen molar-refractivity contribution in [2.45, 2.75) is 46.6 Å². The predicted molar refractivity (Wildman–Crippen MR) is 90.0 cm³/mol. The fourth-order valence-electron chi connectivity index (χ4n) is 3.48. The number of hydrogen-bond acceptors (Lipinski definition) is 1. The summed E-state index contributed by atoms with van der Waals surface area (Å²) >= 11 is 3.72. The van der Waals surface area contributed by atoms with Crippen molar-refractivity contribution in [1.29, 1.82) is 0 Å². The lowest BCUT2D eigenvalue weighted by molar-refractivity contribution is 0.0987. The zero-order chi connectivity index (χ0) is 15.4. The number of aromatic nitrogens is 1. The Hall–Kier alpha value is -1.06. The van der Waals surface area contributed by atoms with Gasteiger partial charge in [0.1, 0.15) is 0 Å². The van der Waals surface area contributed by atoms with Gasteiger partial charge in [-0.05, 0) is 65.7 Å². The Morgan fingerprint density at radius 1 is 1.29 bits per heavy atom. The molecule has 0 radical (unpaired) electrons. The maximum absolute atomic E-state index is 10.5. The second-order valence-electron chi connectivity index (χ2n) is 6.99. The van der Waals surface area contributed by atoms with E-state index in [0.717, 1.165) is 22.9 Å². The number of rotatable bonds is 1. The molecule has 2 aromatic rings. The van der Waals surface area contributed by atoms with Crippen molar-refractivity contribution in [3.63, 3.8) is 0 Å². The summed E-state index contributed by atoms with van der Waals surface area (Å²) in [6.45, 7) is 8.69. The normalized spacial score (nSPS) is 20.4. The van der Waals surface area contributed by atoms with Crippen molar-refractivity contribution in [2.75, 3.05) is 0 Å². The minimum Gasteiger partial charge on any atom is -0.388 e. The van der Waals surface area contributed by atoms with Crippen LogP contribution in [0.25, 0.3) is 5.69 Å². The summed E-state index contributed by atoms with van der Waals surface area (Å²) in [7, 11) is 0. The van der Waals surface area contributed by atoms with E-state index < -0.39 is 0 Å². The molecule has 0 saturated carbocycles. The molecule has 21 heavy (non-hydrogen) atoms. The first-order valence-electron chi connectivity index (χ1n) is 7.45. The smallest absolute Gasteiger partial charge is 0.0812 e. The van der Waals surface area contributed by atoms with Crippen molar-refractivity contribution >= 4 is 15.9 Å². The summed E-state index contributed by atoms with van der Waals surface area (Å²) in [6, 6.07) is 8.48. The lowest BCUT2D eigenvalue weighted by atomic mass is 9.75. The highest BCUT2D eigenvalue weighted by Gasteiger charge is 2.34. The first-order chi connectivity index (χ1) is 9.80. The molecule has 112 valence electrons. The molecule has 1 aromatic carbocycles. The van der Waals surface area contributed by atoms with Crippen LogP contribution in [0.5, 0.6) is 0 Å². The summed E-state index contributed by atoms with van der Waals surface area (Å²) in [5.41, 5.74) is 6.06. The third-order valence-corrected chi connectivity index (χ3v) is 5.52. The topological polar surface area (TPSA) is 25.2 Å². The molecule has 1 heterocycles. The van der Waals surface area contributed by atoms with E-state index in [1.165, 1.54) is 22.6 Å². The third-order valence-electron chi connectivity index (χ3n) is 4.48. The third kappa shape index (κ3) is 2.47. The van der Waals surface area contributed by atoms with Crippen LogP contribution in [0.4, 0.5) is 0 Å². The summed E-state index contributed by atoms with van der Waals surface area (Å²) in [4.78, 5) is 0. The van der Waals surface area contributed by atoms with E-state index in [-0.39, 0.29) is 11.5 Å². The van der Waals surface area contributed by atoms with Crippen LogP contribution in [0.15, 0.2) is 28.7 Å². The van der Waals surface area contributed by atoms with E-state index in [1.54, 1.807) is 0 Å². The molecule has 0 fully saturated rings. The van der Waals surface area contributed by atoms with Crippen molar-refractivity contribution in [1.82, 2.24) is 4.57 Å². The number of aryl methyl sites for hydroxylation is 2. The highest BCUT2D eigenvalue weighted by molar-refractivity contribution is 9.10. The maximum atomic E-state index is 10.5. The predicted octanol–water partition coefficient (Wildman–Crippen LogP) is 4.86. The van der Waals surface area contributed by atoms with Gasteiger partial charge in [-0.2, -0.15) is 0 Å². The molecule has 1 aliphatic rings. The highest BCUT2D eigenvalue weighted by Crippen LogP contribution is 2.43. The zero-order valence-electron chi connectivity index (χ0n) is 13.1. The summed E-state index contributed by atoms with van der Waals surface area (Å²) < 4.78 is 3.43. The number of hydrogen-bond donors (Lipinski definition) is 1. The summed E-state index contributed by atoms with van der Waals surface area (Å²) in [6.07, 6.45) is 1.47. The van der Waals surface area contributed by atoms with Crippen LogP contribution in [-0.2, 0) is 6.42 Å². The largest absolute Gasteiger partial charge is 0.388 e. The van der Waals surface area contributed by atoms with Crippen molar-refractivity contribution < 1.29 is 5.11 Å². The van der Waals surface area contributed by atoms with Crippen molar-refractivity contribution in [3.8, 4) is 5.69 Å². The molecule has 1 N–H and O–H groups in total. The van der Waals surface area contributed by atoms with Gasteiger partial charge in [-0.15, -0.1) is 0 Å². The van der Waals surface area contributed by atoms with E-state index in [2.05, 4.69) is 72.5 Å². The van der Waals surface area contributed by atoms with Crippen LogP contribution >= 0.6 is 15.9 Å². The fraction of sp³-hybridized carbons (Fsp3) is 0.444. The van der Waals surface area contributed by atoms with E-state index in [1.807, 2.05) is 0 Å². The molecule has 1 aromatic heterocycles. The quantitative estimate of drug-likeness (QED) is 0.782. The molecule has 0 spiro atoms. The van der Waals surface area contributed by atoms with Crippen LogP contribution in [0.1, 0.15) is 48.9 Å². The van der Waals surface area contributed by atoms with E-state index in [4.69, 9.17) is 0 Å². The number of nitrogens with zero attached hydrogens (tertiary/aromatic N) is 1. The number of aliphatic hydroxyl groups excluding tert-OH is 1. The van der Waals surface area contributed by atoms with Crippen molar-refractivity contribution in [3.05, 3.63) is 51.3 Å². The fourth-order valence-corrected chi connectivity index (χ4v) is 3.93. The Labute approximate surface area is 134 Å². The SMILES string of the molecule is Cc1cccc(-n2c(C)cc3c2CC(C)(C)CC3O)c1Br.